The maximum Gasteiger partial charge on any atom is 0.158 e. The van der Waals surface area contributed by atoms with Crippen LogP contribution in [0.2, 0.25) is 5.15 Å². The molecule has 0 amide bonds. The molecule has 1 aromatic heterocycles. The molecule has 1 aromatic carbocycles. The Morgan fingerprint density at radius 2 is 2.17 bits per heavy atom. The lowest BCUT2D eigenvalue weighted by atomic mass is 10.2. The number of nitrogens with zero attached hydrogens (tertiary/aromatic N) is 3. The van der Waals surface area contributed by atoms with Crippen molar-refractivity contribution in [3.05, 3.63) is 41.1 Å². The molecule has 0 fully saturated rings. The molecule has 90 valence electrons. The van der Waals surface area contributed by atoms with Gasteiger partial charge in [0, 0.05) is 5.69 Å². The number of nitrogen functional groups attached to an aromatic ring is 1. The van der Waals surface area contributed by atoms with Crippen molar-refractivity contribution in [2.24, 2.45) is 0 Å². The lowest BCUT2D eigenvalue weighted by Gasteiger charge is -2.08. The van der Waals surface area contributed by atoms with Crippen LogP contribution >= 0.6 is 11.6 Å². The van der Waals surface area contributed by atoms with E-state index in [-0.39, 0.29) is 16.4 Å². The number of nitrogens with two attached hydrogens (primary N) is 1. The SMILES string of the molecule is N#Cc1cc(Nc2ncnc(Cl)c2N)ccc1F. The number of benzene rings is 1. The number of hydrogen-bond donors (Lipinski definition) is 2. The first-order valence-electron chi connectivity index (χ1n) is 4.84. The zero-order valence-electron chi connectivity index (χ0n) is 8.98. The van der Waals surface area contributed by atoms with E-state index in [0.29, 0.717) is 11.5 Å². The van der Waals surface area contributed by atoms with Crippen LogP contribution in [0, 0.1) is 17.1 Å². The second kappa shape index (κ2) is 4.85. The monoisotopic (exact) mass is 263 g/mol. The summed E-state index contributed by atoms with van der Waals surface area (Å²) < 4.78 is 13.1. The van der Waals surface area contributed by atoms with E-state index in [0.717, 1.165) is 0 Å². The molecule has 7 heteroatoms. The Hall–Kier alpha value is -2.39. The molecular weight excluding hydrogens is 257 g/mol. The quantitative estimate of drug-likeness (QED) is 0.813. The lowest BCUT2D eigenvalue weighted by Crippen LogP contribution is -2.01. The minimum absolute atomic E-state index is 0.0706. The van der Waals surface area contributed by atoms with Gasteiger partial charge in [-0.3, -0.25) is 0 Å². The minimum atomic E-state index is -0.586. The van der Waals surface area contributed by atoms with Gasteiger partial charge in [-0.15, -0.1) is 0 Å². The first-order chi connectivity index (χ1) is 8.61. The van der Waals surface area contributed by atoms with Crippen LogP contribution in [0.3, 0.4) is 0 Å². The van der Waals surface area contributed by atoms with Crippen molar-refractivity contribution in [1.29, 1.82) is 5.26 Å². The van der Waals surface area contributed by atoms with E-state index in [1.54, 1.807) is 6.07 Å². The molecule has 0 saturated heterocycles. The van der Waals surface area contributed by atoms with Gasteiger partial charge in [-0.05, 0) is 18.2 Å². The third-order valence-electron chi connectivity index (χ3n) is 2.18. The highest BCUT2D eigenvalue weighted by atomic mass is 35.5. The fraction of sp³-hybridized carbons (Fsp3) is 0. The third kappa shape index (κ3) is 2.31. The van der Waals surface area contributed by atoms with Crippen molar-refractivity contribution in [2.75, 3.05) is 11.1 Å². The molecule has 0 saturated carbocycles. The average molecular weight is 264 g/mol. The van der Waals surface area contributed by atoms with Gasteiger partial charge in [-0.2, -0.15) is 5.26 Å². The summed E-state index contributed by atoms with van der Waals surface area (Å²) in [4.78, 5) is 7.61. The van der Waals surface area contributed by atoms with E-state index < -0.39 is 5.82 Å². The average Bonchev–Trinajstić information content (AvgIpc) is 2.37. The lowest BCUT2D eigenvalue weighted by molar-refractivity contribution is 0.624. The van der Waals surface area contributed by atoms with Crippen molar-refractivity contribution < 1.29 is 4.39 Å². The van der Waals surface area contributed by atoms with Crippen molar-refractivity contribution in [1.82, 2.24) is 9.97 Å². The molecule has 0 bridgehead atoms. The Morgan fingerprint density at radius 1 is 1.39 bits per heavy atom. The minimum Gasteiger partial charge on any atom is -0.393 e. The summed E-state index contributed by atoms with van der Waals surface area (Å²) >= 11 is 5.74. The number of aromatic nitrogens is 2. The van der Waals surface area contributed by atoms with Gasteiger partial charge in [0.1, 0.15) is 23.9 Å². The Morgan fingerprint density at radius 3 is 2.89 bits per heavy atom. The predicted molar refractivity (Wildman–Crippen MR) is 65.9 cm³/mol. The zero-order valence-corrected chi connectivity index (χ0v) is 9.74. The molecule has 2 rings (SSSR count). The van der Waals surface area contributed by atoms with Crippen LogP contribution in [0.15, 0.2) is 24.5 Å². The summed E-state index contributed by atoms with van der Waals surface area (Å²) in [6.07, 6.45) is 1.25. The molecule has 5 nitrogen and oxygen atoms in total. The fourth-order valence-corrected chi connectivity index (χ4v) is 1.43. The van der Waals surface area contributed by atoms with Gasteiger partial charge < -0.3 is 11.1 Å². The number of hydrogen-bond acceptors (Lipinski definition) is 5. The number of nitrogens with one attached hydrogen (secondary N) is 1. The van der Waals surface area contributed by atoms with Crippen LogP contribution in [-0.4, -0.2) is 9.97 Å². The Bertz CT molecular complexity index is 638. The maximum atomic E-state index is 13.1. The van der Waals surface area contributed by atoms with Gasteiger partial charge in [0.25, 0.3) is 0 Å². The van der Waals surface area contributed by atoms with E-state index in [1.165, 1.54) is 24.5 Å². The summed E-state index contributed by atoms with van der Waals surface area (Å²) in [6, 6.07) is 5.74. The van der Waals surface area contributed by atoms with Gasteiger partial charge in [0.2, 0.25) is 0 Å². The van der Waals surface area contributed by atoms with Crippen molar-refractivity contribution >= 4 is 28.8 Å². The smallest absolute Gasteiger partial charge is 0.158 e. The van der Waals surface area contributed by atoms with Gasteiger partial charge in [-0.1, -0.05) is 11.6 Å². The largest absolute Gasteiger partial charge is 0.393 e. The molecule has 0 atom stereocenters. The molecule has 0 unspecified atom stereocenters. The zero-order chi connectivity index (χ0) is 13.1. The summed E-state index contributed by atoms with van der Waals surface area (Å²) in [6.45, 7) is 0. The number of rotatable bonds is 2. The second-order valence-electron chi connectivity index (χ2n) is 3.36. The van der Waals surface area contributed by atoms with E-state index in [2.05, 4.69) is 15.3 Å². The van der Waals surface area contributed by atoms with Gasteiger partial charge in [0.05, 0.1) is 5.56 Å². The summed E-state index contributed by atoms with van der Waals surface area (Å²) in [5.74, 6) is -0.290. The predicted octanol–water partition coefficient (Wildman–Crippen LogP) is 2.47. The molecule has 0 radical (unpaired) electrons. The van der Waals surface area contributed by atoms with Crippen LogP contribution in [0.1, 0.15) is 5.56 Å². The standard InChI is InChI=1S/C11H7ClFN5/c12-10-9(15)11(17-5-16-10)18-7-1-2-8(13)6(3-7)4-14/h1-3,5H,15H2,(H,16,17,18). The van der Waals surface area contributed by atoms with E-state index in [1.807, 2.05) is 0 Å². The molecule has 3 N–H and O–H groups in total. The van der Waals surface area contributed by atoms with Crippen molar-refractivity contribution in [2.45, 2.75) is 0 Å². The topological polar surface area (TPSA) is 87.6 Å². The highest BCUT2D eigenvalue weighted by Crippen LogP contribution is 2.26. The normalized spacial score (nSPS) is 9.83. The third-order valence-corrected chi connectivity index (χ3v) is 2.49. The number of anilines is 3. The molecule has 0 aliphatic heterocycles. The molecule has 0 aliphatic rings. The van der Waals surface area contributed by atoms with E-state index in [4.69, 9.17) is 22.6 Å². The summed E-state index contributed by atoms with van der Waals surface area (Å²) in [5, 5.41) is 11.7. The van der Waals surface area contributed by atoms with Crippen molar-refractivity contribution in [3.8, 4) is 6.07 Å². The molecule has 1 heterocycles. The molecule has 0 spiro atoms. The van der Waals surface area contributed by atoms with E-state index in [9.17, 15) is 4.39 Å². The van der Waals surface area contributed by atoms with Crippen LogP contribution in [-0.2, 0) is 0 Å². The molecule has 18 heavy (non-hydrogen) atoms. The summed E-state index contributed by atoms with van der Waals surface area (Å²) in [7, 11) is 0. The Balaban J connectivity index is 2.35. The maximum absolute atomic E-state index is 13.1. The van der Waals surface area contributed by atoms with Crippen LogP contribution in [0.5, 0.6) is 0 Å². The molecule has 2 aromatic rings. The first-order valence-corrected chi connectivity index (χ1v) is 5.22. The van der Waals surface area contributed by atoms with Crippen LogP contribution < -0.4 is 11.1 Å². The molecule has 0 aliphatic carbocycles. The number of halogens is 2. The second-order valence-corrected chi connectivity index (χ2v) is 3.72. The van der Waals surface area contributed by atoms with Gasteiger partial charge in [-0.25, -0.2) is 14.4 Å². The summed E-state index contributed by atoms with van der Waals surface area (Å²) in [5.41, 5.74) is 6.27. The van der Waals surface area contributed by atoms with Crippen LogP contribution in [0.4, 0.5) is 21.6 Å². The Kier molecular flexibility index (Phi) is 3.26. The van der Waals surface area contributed by atoms with Crippen LogP contribution in [0.25, 0.3) is 0 Å². The van der Waals surface area contributed by atoms with E-state index >= 15 is 0 Å². The first kappa shape index (κ1) is 12.1. The van der Waals surface area contributed by atoms with Crippen molar-refractivity contribution in [3.63, 3.8) is 0 Å². The number of nitriles is 1. The van der Waals surface area contributed by atoms with Gasteiger partial charge >= 0.3 is 0 Å². The van der Waals surface area contributed by atoms with Gasteiger partial charge in [0.15, 0.2) is 11.0 Å². The highest BCUT2D eigenvalue weighted by molar-refractivity contribution is 6.32. The fourth-order valence-electron chi connectivity index (χ4n) is 1.30. The Labute approximate surface area is 107 Å². The highest BCUT2D eigenvalue weighted by Gasteiger charge is 2.08. The molecular formula is C11H7ClFN5.